The molecule has 1 fully saturated rings. The number of morpholine rings is 1. The molecule has 0 atom stereocenters. The Morgan fingerprint density at radius 1 is 1.22 bits per heavy atom. The number of benzene rings is 1. The standard InChI is InChI=1S/C13H20N2O3/c1-16-12-8-10(7-11(14)13(12)17-2)9-15-3-5-18-6-4-15/h7-8H,3-6,9,14H2,1-2H3. The van der Waals surface area contributed by atoms with Gasteiger partial charge in [-0.2, -0.15) is 0 Å². The molecule has 0 saturated carbocycles. The van der Waals surface area contributed by atoms with Gasteiger partial charge in [0.2, 0.25) is 0 Å². The average molecular weight is 252 g/mol. The van der Waals surface area contributed by atoms with Crippen molar-refractivity contribution in [3.63, 3.8) is 0 Å². The summed E-state index contributed by atoms with van der Waals surface area (Å²) in [6.07, 6.45) is 0. The van der Waals surface area contributed by atoms with Gasteiger partial charge in [0, 0.05) is 19.6 Å². The Bertz CT molecular complexity index is 403. The second-order valence-corrected chi connectivity index (χ2v) is 4.31. The van der Waals surface area contributed by atoms with E-state index in [1.807, 2.05) is 12.1 Å². The minimum absolute atomic E-state index is 0.600. The molecule has 1 aromatic carbocycles. The molecule has 0 aliphatic carbocycles. The Morgan fingerprint density at radius 3 is 2.56 bits per heavy atom. The lowest BCUT2D eigenvalue weighted by Gasteiger charge is -2.27. The van der Waals surface area contributed by atoms with Crippen LogP contribution in [0.1, 0.15) is 5.56 Å². The molecular formula is C13H20N2O3. The zero-order chi connectivity index (χ0) is 13.0. The molecule has 0 spiro atoms. The Balaban J connectivity index is 2.15. The quantitative estimate of drug-likeness (QED) is 0.814. The third kappa shape index (κ3) is 2.86. The maximum atomic E-state index is 5.97. The summed E-state index contributed by atoms with van der Waals surface area (Å²) in [6, 6.07) is 3.92. The molecule has 1 aliphatic rings. The third-order valence-electron chi connectivity index (χ3n) is 3.08. The van der Waals surface area contributed by atoms with E-state index >= 15 is 0 Å². The molecule has 5 heteroatoms. The van der Waals surface area contributed by atoms with Crippen molar-refractivity contribution in [2.75, 3.05) is 46.3 Å². The van der Waals surface area contributed by atoms with Crippen molar-refractivity contribution >= 4 is 5.69 Å². The number of nitrogens with two attached hydrogens (primary N) is 1. The smallest absolute Gasteiger partial charge is 0.183 e. The van der Waals surface area contributed by atoms with Crippen LogP contribution in [0, 0.1) is 0 Å². The number of rotatable bonds is 4. The highest BCUT2D eigenvalue weighted by Crippen LogP contribution is 2.34. The summed E-state index contributed by atoms with van der Waals surface area (Å²) < 4.78 is 15.9. The maximum Gasteiger partial charge on any atom is 0.183 e. The van der Waals surface area contributed by atoms with Gasteiger partial charge in [-0.3, -0.25) is 4.90 Å². The number of hydrogen-bond acceptors (Lipinski definition) is 5. The second kappa shape index (κ2) is 5.93. The van der Waals surface area contributed by atoms with Crippen LogP contribution in [0.25, 0.3) is 0 Å². The van der Waals surface area contributed by atoms with Crippen molar-refractivity contribution in [1.29, 1.82) is 0 Å². The largest absolute Gasteiger partial charge is 0.493 e. The molecule has 2 rings (SSSR count). The highest BCUT2D eigenvalue weighted by atomic mass is 16.5. The monoisotopic (exact) mass is 252 g/mol. The van der Waals surface area contributed by atoms with Crippen LogP contribution >= 0.6 is 0 Å². The van der Waals surface area contributed by atoms with Gasteiger partial charge in [-0.25, -0.2) is 0 Å². The fourth-order valence-electron chi connectivity index (χ4n) is 2.16. The van der Waals surface area contributed by atoms with E-state index in [0.29, 0.717) is 17.2 Å². The van der Waals surface area contributed by atoms with E-state index in [2.05, 4.69) is 4.90 Å². The first-order chi connectivity index (χ1) is 8.74. The summed E-state index contributed by atoms with van der Waals surface area (Å²) in [6.45, 7) is 4.35. The molecule has 1 aromatic rings. The number of nitrogen functional groups attached to an aromatic ring is 1. The predicted octanol–water partition coefficient (Wildman–Crippen LogP) is 1.12. The van der Waals surface area contributed by atoms with Crippen LogP contribution in [0.2, 0.25) is 0 Å². The molecule has 0 amide bonds. The average Bonchev–Trinajstić information content (AvgIpc) is 2.39. The van der Waals surface area contributed by atoms with Gasteiger partial charge < -0.3 is 19.9 Å². The van der Waals surface area contributed by atoms with Crippen LogP contribution in [0.3, 0.4) is 0 Å². The molecule has 1 heterocycles. The maximum absolute atomic E-state index is 5.97. The molecular weight excluding hydrogens is 232 g/mol. The molecule has 2 N–H and O–H groups in total. The Labute approximate surface area is 107 Å². The topological polar surface area (TPSA) is 57.0 Å². The third-order valence-corrected chi connectivity index (χ3v) is 3.08. The van der Waals surface area contributed by atoms with E-state index in [-0.39, 0.29) is 0 Å². The van der Waals surface area contributed by atoms with Gasteiger partial charge in [0.05, 0.1) is 33.1 Å². The fourth-order valence-corrected chi connectivity index (χ4v) is 2.16. The van der Waals surface area contributed by atoms with Crippen molar-refractivity contribution in [2.45, 2.75) is 6.54 Å². The summed E-state index contributed by atoms with van der Waals surface area (Å²) in [5.74, 6) is 1.28. The van der Waals surface area contributed by atoms with Crippen LogP contribution < -0.4 is 15.2 Å². The lowest BCUT2D eigenvalue weighted by atomic mass is 10.1. The minimum Gasteiger partial charge on any atom is -0.493 e. The summed E-state index contributed by atoms with van der Waals surface area (Å²) in [5.41, 5.74) is 7.71. The summed E-state index contributed by atoms with van der Waals surface area (Å²) in [5, 5.41) is 0. The van der Waals surface area contributed by atoms with Crippen LogP contribution in [-0.4, -0.2) is 45.4 Å². The zero-order valence-corrected chi connectivity index (χ0v) is 10.9. The van der Waals surface area contributed by atoms with E-state index in [4.69, 9.17) is 19.9 Å². The number of anilines is 1. The number of ether oxygens (including phenoxy) is 3. The first-order valence-corrected chi connectivity index (χ1v) is 6.05. The Morgan fingerprint density at radius 2 is 1.94 bits per heavy atom. The van der Waals surface area contributed by atoms with Gasteiger partial charge in [0.15, 0.2) is 11.5 Å². The Kier molecular flexibility index (Phi) is 4.28. The van der Waals surface area contributed by atoms with E-state index in [9.17, 15) is 0 Å². The van der Waals surface area contributed by atoms with Crippen molar-refractivity contribution in [1.82, 2.24) is 4.90 Å². The second-order valence-electron chi connectivity index (χ2n) is 4.31. The van der Waals surface area contributed by atoms with Gasteiger partial charge in [-0.1, -0.05) is 0 Å². The van der Waals surface area contributed by atoms with E-state index in [1.54, 1.807) is 14.2 Å². The van der Waals surface area contributed by atoms with Crippen molar-refractivity contribution in [2.24, 2.45) is 0 Å². The van der Waals surface area contributed by atoms with Gasteiger partial charge in [0.25, 0.3) is 0 Å². The van der Waals surface area contributed by atoms with Crippen LogP contribution in [0.15, 0.2) is 12.1 Å². The van der Waals surface area contributed by atoms with Gasteiger partial charge in [-0.15, -0.1) is 0 Å². The van der Waals surface area contributed by atoms with E-state index in [1.165, 1.54) is 0 Å². The van der Waals surface area contributed by atoms with Crippen LogP contribution in [0.4, 0.5) is 5.69 Å². The number of methoxy groups -OCH3 is 2. The SMILES string of the molecule is COc1cc(CN2CCOCC2)cc(N)c1OC. The summed E-state index contributed by atoms with van der Waals surface area (Å²) >= 11 is 0. The zero-order valence-electron chi connectivity index (χ0n) is 10.9. The van der Waals surface area contributed by atoms with E-state index in [0.717, 1.165) is 38.4 Å². The summed E-state index contributed by atoms with van der Waals surface area (Å²) in [7, 11) is 3.21. The molecule has 1 aliphatic heterocycles. The fraction of sp³-hybridized carbons (Fsp3) is 0.538. The normalized spacial score (nSPS) is 16.6. The molecule has 1 saturated heterocycles. The lowest BCUT2D eigenvalue weighted by molar-refractivity contribution is 0.0341. The number of hydrogen-bond donors (Lipinski definition) is 1. The van der Waals surface area contributed by atoms with Gasteiger partial charge >= 0.3 is 0 Å². The molecule has 0 bridgehead atoms. The van der Waals surface area contributed by atoms with Crippen LogP contribution in [-0.2, 0) is 11.3 Å². The van der Waals surface area contributed by atoms with Crippen molar-refractivity contribution in [3.8, 4) is 11.5 Å². The lowest BCUT2D eigenvalue weighted by Crippen LogP contribution is -2.35. The van der Waals surface area contributed by atoms with Crippen molar-refractivity contribution in [3.05, 3.63) is 17.7 Å². The first kappa shape index (κ1) is 13.0. The molecule has 100 valence electrons. The highest BCUT2D eigenvalue weighted by Gasteiger charge is 2.14. The first-order valence-electron chi connectivity index (χ1n) is 6.05. The highest BCUT2D eigenvalue weighted by molar-refractivity contribution is 5.62. The number of nitrogens with zero attached hydrogens (tertiary/aromatic N) is 1. The molecule has 18 heavy (non-hydrogen) atoms. The van der Waals surface area contributed by atoms with Gasteiger partial charge in [0.1, 0.15) is 0 Å². The molecule has 0 radical (unpaired) electrons. The van der Waals surface area contributed by atoms with Crippen LogP contribution in [0.5, 0.6) is 11.5 Å². The minimum atomic E-state index is 0.600. The predicted molar refractivity (Wildman–Crippen MR) is 70.1 cm³/mol. The molecule has 5 nitrogen and oxygen atoms in total. The molecule has 0 aromatic heterocycles. The van der Waals surface area contributed by atoms with E-state index < -0.39 is 0 Å². The summed E-state index contributed by atoms with van der Waals surface area (Å²) in [4.78, 5) is 2.34. The van der Waals surface area contributed by atoms with Gasteiger partial charge in [-0.05, 0) is 17.7 Å². The Hall–Kier alpha value is -1.46. The van der Waals surface area contributed by atoms with Crippen molar-refractivity contribution < 1.29 is 14.2 Å². The molecule has 0 unspecified atom stereocenters.